The van der Waals surface area contributed by atoms with Crippen molar-refractivity contribution in [3.63, 3.8) is 0 Å². The standard InChI is InChI=1S/C15H19FN4/c1-4-17-14-8-11(2)18-15(19-14)10-20(3)13-7-5-6-12(16)9-13/h5-9H,4,10H2,1-3H3,(H,17,18,19). The molecule has 0 saturated heterocycles. The Bertz CT molecular complexity index is 586. The van der Waals surface area contributed by atoms with Gasteiger partial charge in [0.25, 0.3) is 0 Å². The molecule has 0 fully saturated rings. The molecule has 1 aromatic carbocycles. The molecule has 0 atom stereocenters. The molecule has 1 aromatic heterocycles. The predicted molar refractivity (Wildman–Crippen MR) is 79.4 cm³/mol. The second-order valence-corrected chi connectivity index (χ2v) is 4.68. The first kappa shape index (κ1) is 14.2. The maximum absolute atomic E-state index is 13.2. The Morgan fingerprint density at radius 2 is 2.05 bits per heavy atom. The van der Waals surface area contributed by atoms with Gasteiger partial charge in [-0.2, -0.15) is 0 Å². The maximum Gasteiger partial charge on any atom is 0.150 e. The molecule has 1 heterocycles. The van der Waals surface area contributed by atoms with Gasteiger partial charge in [-0.05, 0) is 32.0 Å². The topological polar surface area (TPSA) is 41.1 Å². The molecule has 0 bridgehead atoms. The number of rotatable bonds is 5. The van der Waals surface area contributed by atoms with Crippen LogP contribution in [0, 0.1) is 12.7 Å². The third-order valence-corrected chi connectivity index (χ3v) is 2.89. The van der Waals surface area contributed by atoms with Crippen LogP contribution in [0.1, 0.15) is 18.4 Å². The molecule has 2 rings (SSSR count). The van der Waals surface area contributed by atoms with Gasteiger partial charge in [-0.3, -0.25) is 0 Å². The summed E-state index contributed by atoms with van der Waals surface area (Å²) in [5, 5.41) is 3.18. The van der Waals surface area contributed by atoms with Crippen LogP contribution in [0.3, 0.4) is 0 Å². The molecule has 0 aliphatic carbocycles. The van der Waals surface area contributed by atoms with E-state index in [9.17, 15) is 4.39 Å². The van der Waals surface area contributed by atoms with Gasteiger partial charge in [0.05, 0.1) is 6.54 Å². The van der Waals surface area contributed by atoms with Crippen LogP contribution < -0.4 is 10.2 Å². The van der Waals surface area contributed by atoms with Crippen molar-refractivity contribution in [3.05, 3.63) is 47.7 Å². The fourth-order valence-electron chi connectivity index (χ4n) is 1.99. The fourth-order valence-corrected chi connectivity index (χ4v) is 1.99. The van der Waals surface area contributed by atoms with Crippen molar-refractivity contribution in [1.29, 1.82) is 0 Å². The highest BCUT2D eigenvalue weighted by Crippen LogP contribution is 2.16. The number of benzene rings is 1. The van der Waals surface area contributed by atoms with Crippen LogP contribution in [0.5, 0.6) is 0 Å². The Morgan fingerprint density at radius 1 is 1.25 bits per heavy atom. The number of halogens is 1. The van der Waals surface area contributed by atoms with Gasteiger partial charge in [-0.1, -0.05) is 6.07 Å². The third-order valence-electron chi connectivity index (χ3n) is 2.89. The van der Waals surface area contributed by atoms with E-state index < -0.39 is 0 Å². The molecule has 2 aromatic rings. The van der Waals surface area contributed by atoms with Gasteiger partial charge in [-0.15, -0.1) is 0 Å². The van der Waals surface area contributed by atoms with Gasteiger partial charge in [-0.25, -0.2) is 14.4 Å². The van der Waals surface area contributed by atoms with E-state index in [1.165, 1.54) is 12.1 Å². The minimum absolute atomic E-state index is 0.243. The minimum atomic E-state index is -0.243. The summed E-state index contributed by atoms with van der Waals surface area (Å²) >= 11 is 0. The van der Waals surface area contributed by atoms with Gasteiger partial charge < -0.3 is 10.2 Å². The average Bonchev–Trinajstić information content (AvgIpc) is 2.38. The molecule has 0 aliphatic heterocycles. The van der Waals surface area contributed by atoms with Crippen molar-refractivity contribution in [1.82, 2.24) is 9.97 Å². The van der Waals surface area contributed by atoms with Crippen LogP contribution in [-0.4, -0.2) is 23.6 Å². The van der Waals surface area contributed by atoms with Crippen molar-refractivity contribution in [2.24, 2.45) is 0 Å². The SMILES string of the molecule is CCNc1cc(C)nc(CN(C)c2cccc(F)c2)n1. The zero-order chi connectivity index (χ0) is 14.5. The minimum Gasteiger partial charge on any atom is -0.370 e. The molecule has 5 heteroatoms. The lowest BCUT2D eigenvalue weighted by Gasteiger charge is -2.19. The first-order valence-electron chi connectivity index (χ1n) is 6.63. The smallest absolute Gasteiger partial charge is 0.150 e. The summed E-state index contributed by atoms with van der Waals surface area (Å²) in [6, 6.07) is 8.41. The number of nitrogens with zero attached hydrogens (tertiary/aromatic N) is 3. The monoisotopic (exact) mass is 274 g/mol. The molecule has 0 aliphatic rings. The first-order chi connectivity index (χ1) is 9.58. The Balaban J connectivity index is 2.16. The molecule has 0 spiro atoms. The number of anilines is 2. The Hall–Kier alpha value is -2.17. The molecule has 0 amide bonds. The Labute approximate surface area is 118 Å². The number of hydrogen-bond donors (Lipinski definition) is 1. The van der Waals surface area contributed by atoms with Gasteiger partial charge in [0.15, 0.2) is 0 Å². The lowest BCUT2D eigenvalue weighted by atomic mass is 10.3. The van der Waals surface area contributed by atoms with Gasteiger partial charge in [0.2, 0.25) is 0 Å². The quantitative estimate of drug-likeness (QED) is 0.910. The highest BCUT2D eigenvalue weighted by Gasteiger charge is 2.07. The van der Waals surface area contributed by atoms with Crippen LogP contribution in [-0.2, 0) is 6.54 Å². The maximum atomic E-state index is 13.2. The van der Waals surface area contributed by atoms with E-state index in [1.54, 1.807) is 6.07 Å². The van der Waals surface area contributed by atoms with Gasteiger partial charge in [0, 0.05) is 31.0 Å². The number of aromatic nitrogens is 2. The van der Waals surface area contributed by atoms with E-state index >= 15 is 0 Å². The van der Waals surface area contributed by atoms with E-state index in [4.69, 9.17) is 0 Å². The highest BCUT2D eigenvalue weighted by molar-refractivity contribution is 5.46. The van der Waals surface area contributed by atoms with E-state index in [-0.39, 0.29) is 5.82 Å². The van der Waals surface area contributed by atoms with Gasteiger partial charge >= 0.3 is 0 Å². The van der Waals surface area contributed by atoms with Crippen LogP contribution in [0.4, 0.5) is 15.9 Å². The molecular formula is C15H19FN4. The van der Waals surface area contributed by atoms with E-state index in [0.29, 0.717) is 12.4 Å². The summed E-state index contributed by atoms with van der Waals surface area (Å²) in [6.07, 6.45) is 0. The molecule has 4 nitrogen and oxygen atoms in total. The predicted octanol–water partition coefficient (Wildman–Crippen LogP) is 2.99. The molecule has 0 radical (unpaired) electrons. The number of hydrogen-bond acceptors (Lipinski definition) is 4. The van der Waals surface area contributed by atoms with E-state index in [1.807, 2.05) is 37.9 Å². The Kier molecular flexibility index (Phi) is 4.50. The zero-order valence-electron chi connectivity index (χ0n) is 12.0. The summed E-state index contributed by atoms with van der Waals surface area (Å²) in [7, 11) is 1.90. The molecule has 1 N–H and O–H groups in total. The van der Waals surface area contributed by atoms with Gasteiger partial charge in [0.1, 0.15) is 17.5 Å². The number of nitrogens with one attached hydrogen (secondary N) is 1. The van der Waals surface area contributed by atoms with E-state index in [0.717, 1.165) is 23.7 Å². The summed E-state index contributed by atoms with van der Waals surface area (Å²) in [4.78, 5) is 10.8. The molecule has 20 heavy (non-hydrogen) atoms. The van der Waals surface area contributed by atoms with Crippen molar-refractivity contribution < 1.29 is 4.39 Å². The molecule has 0 unspecified atom stereocenters. The van der Waals surface area contributed by atoms with Crippen LogP contribution in [0.25, 0.3) is 0 Å². The summed E-state index contributed by atoms with van der Waals surface area (Å²) < 4.78 is 13.2. The average molecular weight is 274 g/mol. The van der Waals surface area contributed by atoms with Crippen molar-refractivity contribution in [2.45, 2.75) is 20.4 Å². The fraction of sp³-hybridized carbons (Fsp3) is 0.333. The Morgan fingerprint density at radius 3 is 2.75 bits per heavy atom. The van der Waals surface area contributed by atoms with Crippen LogP contribution in [0.15, 0.2) is 30.3 Å². The van der Waals surface area contributed by atoms with Crippen molar-refractivity contribution >= 4 is 11.5 Å². The summed E-state index contributed by atoms with van der Waals surface area (Å²) in [6.45, 7) is 5.31. The third kappa shape index (κ3) is 3.66. The molecule has 106 valence electrons. The molecule has 0 saturated carbocycles. The van der Waals surface area contributed by atoms with Crippen molar-refractivity contribution in [2.75, 3.05) is 23.8 Å². The molecular weight excluding hydrogens is 255 g/mol. The second-order valence-electron chi connectivity index (χ2n) is 4.68. The summed E-state index contributed by atoms with van der Waals surface area (Å²) in [5.74, 6) is 1.29. The lowest BCUT2D eigenvalue weighted by molar-refractivity contribution is 0.627. The lowest BCUT2D eigenvalue weighted by Crippen LogP contribution is -2.19. The number of aryl methyl sites for hydroxylation is 1. The van der Waals surface area contributed by atoms with Crippen molar-refractivity contribution in [3.8, 4) is 0 Å². The normalized spacial score (nSPS) is 10.4. The second kappa shape index (κ2) is 6.32. The van der Waals surface area contributed by atoms with Crippen LogP contribution in [0.2, 0.25) is 0 Å². The highest BCUT2D eigenvalue weighted by atomic mass is 19.1. The van der Waals surface area contributed by atoms with E-state index in [2.05, 4.69) is 15.3 Å². The van der Waals surface area contributed by atoms with Crippen LogP contribution >= 0.6 is 0 Å². The summed E-state index contributed by atoms with van der Waals surface area (Å²) in [5.41, 5.74) is 1.72. The first-order valence-corrected chi connectivity index (χ1v) is 6.63. The zero-order valence-corrected chi connectivity index (χ0v) is 12.0. The largest absolute Gasteiger partial charge is 0.370 e.